The molecule has 0 amide bonds. The average Bonchev–Trinajstić information content (AvgIpc) is 3.04. The summed E-state index contributed by atoms with van der Waals surface area (Å²) in [7, 11) is 1.75. The SMILES string of the molecule is CN=C(NCC(O)c1ccc(Cl)s1)NC1CCc2ccccc2C1. The summed E-state index contributed by atoms with van der Waals surface area (Å²) in [5, 5.41) is 16.9. The Morgan fingerprint density at radius 3 is 2.83 bits per heavy atom. The summed E-state index contributed by atoms with van der Waals surface area (Å²) in [6.45, 7) is 0.403. The van der Waals surface area contributed by atoms with Crippen molar-refractivity contribution in [1.29, 1.82) is 0 Å². The minimum Gasteiger partial charge on any atom is -0.386 e. The molecule has 1 aromatic heterocycles. The molecule has 0 fully saturated rings. The molecule has 24 heavy (non-hydrogen) atoms. The van der Waals surface area contributed by atoms with E-state index in [9.17, 15) is 5.11 Å². The Morgan fingerprint density at radius 1 is 1.33 bits per heavy atom. The van der Waals surface area contributed by atoms with E-state index in [0.717, 1.165) is 30.1 Å². The molecule has 2 atom stereocenters. The Bertz CT molecular complexity index is 716. The van der Waals surface area contributed by atoms with E-state index in [2.05, 4.69) is 39.9 Å². The Kier molecular flexibility index (Phi) is 5.76. The number of nitrogens with one attached hydrogen (secondary N) is 2. The molecule has 2 aromatic rings. The summed E-state index contributed by atoms with van der Waals surface area (Å²) < 4.78 is 0.687. The van der Waals surface area contributed by atoms with Crippen molar-refractivity contribution in [2.45, 2.75) is 31.4 Å². The van der Waals surface area contributed by atoms with Crippen LogP contribution >= 0.6 is 22.9 Å². The number of aryl methyl sites for hydroxylation is 1. The van der Waals surface area contributed by atoms with E-state index >= 15 is 0 Å². The van der Waals surface area contributed by atoms with Crippen LogP contribution in [-0.2, 0) is 12.8 Å². The number of guanidine groups is 1. The number of aliphatic hydroxyl groups is 1. The fraction of sp³-hybridized carbons (Fsp3) is 0.389. The molecule has 1 heterocycles. The van der Waals surface area contributed by atoms with E-state index in [1.807, 2.05) is 6.07 Å². The lowest BCUT2D eigenvalue weighted by atomic mass is 9.88. The first-order valence-corrected chi connectivity index (χ1v) is 9.32. The van der Waals surface area contributed by atoms with Gasteiger partial charge in [-0.05, 0) is 42.5 Å². The number of benzene rings is 1. The molecule has 1 aromatic carbocycles. The first kappa shape index (κ1) is 17.3. The minimum atomic E-state index is -0.590. The highest BCUT2D eigenvalue weighted by Crippen LogP contribution is 2.26. The molecular weight excluding hydrogens is 342 g/mol. The largest absolute Gasteiger partial charge is 0.386 e. The minimum absolute atomic E-state index is 0.361. The van der Waals surface area contributed by atoms with Crippen LogP contribution in [-0.4, -0.2) is 30.7 Å². The zero-order chi connectivity index (χ0) is 16.9. The second-order valence-corrected chi connectivity index (χ2v) is 7.71. The average molecular weight is 364 g/mol. The first-order chi connectivity index (χ1) is 11.7. The van der Waals surface area contributed by atoms with Crippen molar-refractivity contribution in [3.63, 3.8) is 0 Å². The van der Waals surface area contributed by atoms with E-state index in [1.165, 1.54) is 22.5 Å². The van der Waals surface area contributed by atoms with Gasteiger partial charge < -0.3 is 15.7 Å². The maximum Gasteiger partial charge on any atom is 0.191 e. The molecule has 0 saturated carbocycles. The third-order valence-electron chi connectivity index (χ3n) is 4.30. The van der Waals surface area contributed by atoms with Gasteiger partial charge in [-0.2, -0.15) is 0 Å². The molecule has 6 heteroatoms. The normalized spacial score (nSPS) is 18.8. The van der Waals surface area contributed by atoms with Crippen molar-refractivity contribution in [3.05, 3.63) is 56.7 Å². The molecule has 2 unspecified atom stereocenters. The van der Waals surface area contributed by atoms with Crippen molar-refractivity contribution >= 4 is 28.9 Å². The van der Waals surface area contributed by atoms with Crippen molar-refractivity contribution in [2.75, 3.05) is 13.6 Å². The Labute approximate surface area is 151 Å². The topological polar surface area (TPSA) is 56.7 Å². The molecular formula is C18H22ClN3OS. The van der Waals surface area contributed by atoms with Gasteiger partial charge in [0.25, 0.3) is 0 Å². The third-order valence-corrected chi connectivity index (χ3v) is 5.63. The number of rotatable bonds is 4. The van der Waals surface area contributed by atoms with Gasteiger partial charge in [0, 0.05) is 24.5 Å². The van der Waals surface area contributed by atoms with Crippen molar-refractivity contribution in [2.24, 2.45) is 4.99 Å². The molecule has 1 aliphatic rings. The molecule has 0 aliphatic heterocycles. The summed E-state index contributed by atoms with van der Waals surface area (Å²) in [4.78, 5) is 5.13. The maximum absolute atomic E-state index is 10.2. The Hall–Kier alpha value is -1.56. The van der Waals surface area contributed by atoms with E-state index in [4.69, 9.17) is 11.6 Å². The van der Waals surface area contributed by atoms with Gasteiger partial charge in [0.2, 0.25) is 0 Å². The smallest absolute Gasteiger partial charge is 0.191 e. The van der Waals surface area contributed by atoms with Crippen LogP contribution in [0.2, 0.25) is 4.34 Å². The molecule has 0 saturated heterocycles. The molecule has 3 rings (SSSR count). The second-order valence-electron chi connectivity index (χ2n) is 5.96. The molecule has 0 spiro atoms. The van der Waals surface area contributed by atoms with E-state index in [1.54, 1.807) is 13.1 Å². The number of hydrogen-bond acceptors (Lipinski definition) is 3. The van der Waals surface area contributed by atoms with Crippen LogP contribution in [0.1, 0.15) is 28.5 Å². The van der Waals surface area contributed by atoms with Gasteiger partial charge in [-0.25, -0.2) is 0 Å². The molecule has 3 N–H and O–H groups in total. The van der Waals surface area contributed by atoms with Crippen molar-refractivity contribution in [1.82, 2.24) is 10.6 Å². The van der Waals surface area contributed by atoms with E-state index < -0.39 is 6.10 Å². The molecule has 4 nitrogen and oxygen atoms in total. The summed E-state index contributed by atoms with van der Waals surface area (Å²) in [6.07, 6.45) is 2.58. The lowest BCUT2D eigenvalue weighted by Crippen LogP contribution is -2.46. The predicted molar refractivity (Wildman–Crippen MR) is 101 cm³/mol. The van der Waals surface area contributed by atoms with Gasteiger partial charge >= 0.3 is 0 Å². The van der Waals surface area contributed by atoms with Gasteiger partial charge in [0.05, 0.1) is 4.34 Å². The summed E-state index contributed by atoms with van der Waals surface area (Å²) in [5.41, 5.74) is 2.86. The van der Waals surface area contributed by atoms with E-state index in [-0.39, 0.29) is 0 Å². The molecule has 128 valence electrons. The lowest BCUT2D eigenvalue weighted by Gasteiger charge is -2.27. The number of aliphatic imine (C=N–C) groups is 1. The monoisotopic (exact) mass is 363 g/mol. The number of halogens is 1. The van der Waals surface area contributed by atoms with Crippen LogP contribution in [0.3, 0.4) is 0 Å². The predicted octanol–water partition coefficient (Wildman–Crippen LogP) is 3.16. The lowest BCUT2D eigenvalue weighted by molar-refractivity contribution is 0.184. The maximum atomic E-state index is 10.2. The van der Waals surface area contributed by atoms with Gasteiger partial charge in [-0.15, -0.1) is 11.3 Å². The highest BCUT2D eigenvalue weighted by Gasteiger charge is 2.19. The fourth-order valence-corrected chi connectivity index (χ4v) is 4.06. The van der Waals surface area contributed by atoms with Gasteiger partial charge in [-0.1, -0.05) is 35.9 Å². The fourth-order valence-electron chi connectivity index (χ4n) is 3.01. The van der Waals surface area contributed by atoms with Crippen LogP contribution in [0.5, 0.6) is 0 Å². The first-order valence-electron chi connectivity index (χ1n) is 8.13. The second kappa shape index (κ2) is 8.01. The van der Waals surface area contributed by atoms with Crippen molar-refractivity contribution < 1.29 is 5.11 Å². The Morgan fingerprint density at radius 2 is 2.12 bits per heavy atom. The van der Waals surface area contributed by atoms with Crippen LogP contribution in [0.15, 0.2) is 41.4 Å². The molecule has 0 bridgehead atoms. The zero-order valence-corrected chi connectivity index (χ0v) is 15.2. The summed E-state index contributed by atoms with van der Waals surface area (Å²) in [6, 6.07) is 12.6. The standard InChI is InChI=1S/C18H22ClN3OS/c1-20-18(21-11-15(23)16-8-9-17(19)24-16)22-14-7-6-12-4-2-3-5-13(12)10-14/h2-5,8-9,14-15,23H,6-7,10-11H2,1H3,(H2,20,21,22). The highest BCUT2D eigenvalue weighted by molar-refractivity contribution is 7.16. The summed E-state index contributed by atoms with van der Waals surface area (Å²) >= 11 is 7.31. The Balaban J connectivity index is 1.52. The number of nitrogens with zero attached hydrogens (tertiary/aromatic N) is 1. The van der Waals surface area contributed by atoms with Crippen molar-refractivity contribution in [3.8, 4) is 0 Å². The van der Waals surface area contributed by atoms with Crippen LogP contribution in [0.4, 0.5) is 0 Å². The van der Waals surface area contributed by atoms with Crippen LogP contribution < -0.4 is 10.6 Å². The molecule has 1 aliphatic carbocycles. The number of thiophene rings is 1. The number of hydrogen-bond donors (Lipinski definition) is 3. The van der Waals surface area contributed by atoms with Gasteiger partial charge in [0.15, 0.2) is 5.96 Å². The number of aliphatic hydroxyl groups excluding tert-OH is 1. The number of fused-ring (bicyclic) bond motifs is 1. The summed E-state index contributed by atoms with van der Waals surface area (Å²) in [5.74, 6) is 0.723. The van der Waals surface area contributed by atoms with Crippen LogP contribution in [0, 0.1) is 0 Å². The zero-order valence-electron chi connectivity index (χ0n) is 13.6. The highest BCUT2D eigenvalue weighted by atomic mass is 35.5. The third kappa shape index (κ3) is 4.29. The quantitative estimate of drug-likeness (QED) is 0.577. The van der Waals surface area contributed by atoms with E-state index in [0.29, 0.717) is 16.9 Å². The van der Waals surface area contributed by atoms with Crippen LogP contribution in [0.25, 0.3) is 0 Å². The van der Waals surface area contributed by atoms with Gasteiger partial charge in [0.1, 0.15) is 6.10 Å². The van der Waals surface area contributed by atoms with Gasteiger partial charge in [-0.3, -0.25) is 4.99 Å². The molecule has 0 radical (unpaired) electrons.